The van der Waals surface area contributed by atoms with Gasteiger partial charge in [0.25, 0.3) is 5.91 Å². The Morgan fingerprint density at radius 3 is 2.68 bits per heavy atom. The summed E-state index contributed by atoms with van der Waals surface area (Å²) >= 11 is 0. The number of benzene rings is 1. The molecule has 2 aliphatic rings. The van der Waals surface area contributed by atoms with Gasteiger partial charge in [-0.05, 0) is 31.8 Å². The number of carbonyl (C=O) groups is 2. The average molecular weight is 520 g/mol. The lowest BCUT2D eigenvalue weighted by Gasteiger charge is -2.17. The molecule has 198 valence electrons. The molecule has 1 aliphatic carbocycles. The molecule has 1 saturated carbocycles. The van der Waals surface area contributed by atoms with Crippen molar-refractivity contribution in [1.29, 1.82) is 0 Å². The van der Waals surface area contributed by atoms with Crippen molar-refractivity contribution in [3.8, 4) is 11.8 Å². The summed E-state index contributed by atoms with van der Waals surface area (Å²) in [6.07, 6.45) is 4.46. The predicted molar refractivity (Wildman–Crippen MR) is 140 cm³/mol. The number of allylic oxidation sites excluding steroid dienone is 1. The number of carbonyl (C=O) groups excluding carboxylic acids is 2. The molecule has 0 spiro atoms. The number of anilines is 1. The molecule has 0 unspecified atom stereocenters. The fourth-order valence-corrected chi connectivity index (χ4v) is 5.12. The molecule has 5 rings (SSSR count). The Morgan fingerprint density at radius 2 is 2.05 bits per heavy atom. The highest BCUT2D eigenvalue weighted by molar-refractivity contribution is 6.00. The fraction of sp³-hybridized carbons (Fsp3) is 0.407. The standard InChI is InChI=1S/C27H30FN7O3/c1-5-24(36)33-13-18(11-19(33)14-38-4)35-27(30-3)25(26(29)37)21(32-35)9-6-16-10-22-23(12-20(16)28)34(15(2)31-22)17-7-8-17/h10,12,14,17-18,30H,5,7-8,11,13H2,1-4H3,(H2,29,37)/b19-14+/t18-/m0/s1. The number of rotatable bonds is 6. The molecule has 1 atom stereocenters. The first-order valence-electron chi connectivity index (χ1n) is 12.6. The molecule has 0 radical (unpaired) electrons. The number of nitrogens with zero attached hydrogens (tertiary/aromatic N) is 5. The molecule has 3 heterocycles. The maximum Gasteiger partial charge on any atom is 0.255 e. The third kappa shape index (κ3) is 4.36. The summed E-state index contributed by atoms with van der Waals surface area (Å²) in [5.41, 5.74) is 8.23. The summed E-state index contributed by atoms with van der Waals surface area (Å²) in [7, 11) is 3.17. The Hall–Kier alpha value is -4.33. The molecule has 2 amide bonds. The van der Waals surface area contributed by atoms with Gasteiger partial charge in [0.15, 0.2) is 5.69 Å². The second-order valence-electron chi connectivity index (χ2n) is 9.52. The number of halogens is 1. The van der Waals surface area contributed by atoms with E-state index in [1.807, 2.05) is 6.92 Å². The number of nitrogens with one attached hydrogen (secondary N) is 1. The average Bonchev–Trinajstić information content (AvgIpc) is 3.38. The van der Waals surface area contributed by atoms with E-state index < -0.39 is 11.7 Å². The van der Waals surface area contributed by atoms with Crippen molar-refractivity contribution < 1.29 is 18.7 Å². The number of methoxy groups -OCH3 is 1. The first-order chi connectivity index (χ1) is 18.3. The molecule has 2 aromatic heterocycles. The van der Waals surface area contributed by atoms with Crippen LogP contribution in [0.3, 0.4) is 0 Å². The third-order valence-corrected chi connectivity index (χ3v) is 6.96. The van der Waals surface area contributed by atoms with E-state index in [0.29, 0.717) is 42.5 Å². The molecule has 10 nitrogen and oxygen atoms in total. The van der Waals surface area contributed by atoms with Crippen LogP contribution in [-0.4, -0.2) is 56.7 Å². The number of imidazole rings is 1. The second-order valence-corrected chi connectivity index (χ2v) is 9.52. The zero-order chi connectivity index (χ0) is 27.1. The highest BCUT2D eigenvalue weighted by Crippen LogP contribution is 2.39. The monoisotopic (exact) mass is 519 g/mol. The molecule has 11 heteroatoms. The van der Waals surface area contributed by atoms with E-state index in [4.69, 9.17) is 10.5 Å². The molecule has 3 aromatic rings. The first kappa shape index (κ1) is 25.3. The minimum absolute atomic E-state index is 0.0469. The third-order valence-electron chi connectivity index (χ3n) is 6.96. The number of amides is 2. The van der Waals surface area contributed by atoms with Crippen molar-refractivity contribution in [3.63, 3.8) is 0 Å². The van der Waals surface area contributed by atoms with Crippen LogP contribution in [0.5, 0.6) is 0 Å². The number of primary amides is 1. The maximum absolute atomic E-state index is 15.1. The van der Waals surface area contributed by atoms with Gasteiger partial charge in [-0.2, -0.15) is 5.10 Å². The number of hydrogen-bond donors (Lipinski definition) is 2. The number of nitrogens with two attached hydrogens (primary N) is 1. The van der Waals surface area contributed by atoms with Crippen molar-refractivity contribution in [3.05, 3.63) is 52.6 Å². The number of aryl methyl sites for hydroxylation is 1. The summed E-state index contributed by atoms with van der Waals surface area (Å²) < 4.78 is 24.0. The molecule has 0 bridgehead atoms. The van der Waals surface area contributed by atoms with Gasteiger partial charge in [-0.25, -0.2) is 14.1 Å². The van der Waals surface area contributed by atoms with Crippen LogP contribution in [0.2, 0.25) is 0 Å². The Kier molecular flexibility index (Phi) is 6.57. The van der Waals surface area contributed by atoms with Crippen LogP contribution in [0.25, 0.3) is 11.0 Å². The largest absolute Gasteiger partial charge is 0.503 e. The Morgan fingerprint density at radius 1 is 1.29 bits per heavy atom. The number of ether oxygens (including phenoxy) is 1. The summed E-state index contributed by atoms with van der Waals surface area (Å²) in [5, 5.41) is 7.58. The van der Waals surface area contributed by atoms with Crippen LogP contribution in [0, 0.1) is 24.6 Å². The SMILES string of the molecule is CCC(=O)N1C[C@@H](n2nc(C#Cc3cc4nc(C)n(C5CC5)c4cc3F)c(C(N)=O)c2NC)C/C1=C\OC. The molecule has 1 aromatic carbocycles. The van der Waals surface area contributed by atoms with Crippen LogP contribution in [0.4, 0.5) is 10.2 Å². The number of fused-ring (bicyclic) bond motifs is 1. The van der Waals surface area contributed by atoms with Gasteiger partial charge < -0.3 is 25.3 Å². The van der Waals surface area contributed by atoms with E-state index in [9.17, 15) is 9.59 Å². The van der Waals surface area contributed by atoms with E-state index in [1.54, 1.807) is 29.6 Å². The second kappa shape index (κ2) is 9.85. The lowest BCUT2D eigenvalue weighted by Crippen LogP contribution is -2.28. The van der Waals surface area contributed by atoms with Crippen LogP contribution in [0.1, 0.15) is 72.1 Å². The van der Waals surface area contributed by atoms with Crippen LogP contribution < -0.4 is 11.1 Å². The van der Waals surface area contributed by atoms with Crippen LogP contribution in [0.15, 0.2) is 24.1 Å². The molecule has 2 fully saturated rings. The summed E-state index contributed by atoms with van der Waals surface area (Å²) in [5.74, 6) is 5.67. The molecular formula is C27H30FN7O3. The van der Waals surface area contributed by atoms with Crippen molar-refractivity contribution in [2.24, 2.45) is 5.73 Å². The topological polar surface area (TPSA) is 120 Å². The molecule has 3 N–H and O–H groups in total. The normalized spacial score (nSPS) is 18.1. The van der Waals surface area contributed by atoms with E-state index in [-0.39, 0.29) is 28.8 Å². The van der Waals surface area contributed by atoms with Gasteiger partial charge >= 0.3 is 0 Å². The first-order valence-corrected chi connectivity index (χ1v) is 12.6. The lowest BCUT2D eigenvalue weighted by atomic mass is 10.1. The molecule has 38 heavy (non-hydrogen) atoms. The van der Waals surface area contributed by atoms with Gasteiger partial charge in [0.2, 0.25) is 5.91 Å². The van der Waals surface area contributed by atoms with E-state index in [0.717, 1.165) is 24.2 Å². The Bertz CT molecular complexity index is 1540. The molecule has 1 saturated heterocycles. The minimum atomic E-state index is -0.716. The van der Waals surface area contributed by atoms with Gasteiger partial charge in [0, 0.05) is 38.5 Å². The minimum Gasteiger partial charge on any atom is -0.503 e. The zero-order valence-corrected chi connectivity index (χ0v) is 21.8. The summed E-state index contributed by atoms with van der Waals surface area (Å²) in [4.78, 5) is 31.2. The number of aromatic nitrogens is 4. The number of hydrogen-bond acceptors (Lipinski definition) is 6. The van der Waals surface area contributed by atoms with Crippen LogP contribution in [-0.2, 0) is 9.53 Å². The van der Waals surface area contributed by atoms with Gasteiger partial charge in [0.1, 0.15) is 29.3 Å². The maximum atomic E-state index is 15.1. The smallest absolute Gasteiger partial charge is 0.255 e. The molecular weight excluding hydrogens is 489 g/mol. The van der Waals surface area contributed by atoms with Gasteiger partial charge in [-0.1, -0.05) is 12.8 Å². The Labute approximate surface area is 219 Å². The van der Waals surface area contributed by atoms with Crippen molar-refractivity contribution in [2.45, 2.75) is 51.6 Å². The Balaban J connectivity index is 1.54. The molecule has 1 aliphatic heterocycles. The van der Waals surface area contributed by atoms with Crippen molar-refractivity contribution in [1.82, 2.24) is 24.2 Å². The van der Waals surface area contributed by atoms with E-state index >= 15 is 4.39 Å². The summed E-state index contributed by atoms with van der Waals surface area (Å²) in [6, 6.07) is 3.17. The van der Waals surface area contributed by atoms with Crippen LogP contribution >= 0.6 is 0 Å². The van der Waals surface area contributed by atoms with E-state index in [1.165, 1.54) is 19.4 Å². The van der Waals surface area contributed by atoms with Crippen molar-refractivity contribution >= 4 is 28.7 Å². The quantitative estimate of drug-likeness (QED) is 0.381. The fourth-order valence-electron chi connectivity index (χ4n) is 5.12. The highest BCUT2D eigenvalue weighted by Gasteiger charge is 2.35. The predicted octanol–water partition coefficient (Wildman–Crippen LogP) is 3.23. The number of likely N-dealkylation sites (tertiary alicyclic amines) is 1. The lowest BCUT2D eigenvalue weighted by molar-refractivity contribution is -0.128. The highest BCUT2D eigenvalue weighted by atomic mass is 19.1. The van der Waals surface area contributed by atoms with E-state index in [2.05, 4.69) is 31.8 Å². The van der Waals surface area contributed by atoms with Gasteiger partial charge in [-0.3, -0.25) is 9.59 Å². The van der Waals surface area contributed by atoms with Gasteiger partial charge in [-0.15, -0.1) is 0 Å². The van der Waals surface area contributed by atoms with Crippen molar-refractivity contribution in [2.75, 3.05) is 26.0 Å². The zero-order valence-electron chi connectivity index (χ0n) is 21.8. The summed E-state index contributed by atoms with van der Waals surface area (Å²) in [6.45, 7) is 4.05. The van der Waals surface area contributed by atoms with Gasteiger partial charge in [0.05, 0.1) is 35.4 Å².